The number of fused-ring (bicyclic) bond motifs is 6. The van der Waals surface area contributed by atoms with Crippen LogP contribution in [0.1, 0.15) is 146 Å². The number of aromatic nitrogens is 4. The Morgan fingerprint density at radius 3 is 0.480 bits per heavy atom. The second-order valence-corrected chi connectivity index (χ2v) is 24.2. The minimum absolute atomic E-state index is 0. The van der Waals surface area contributed by atoms with Crippen LogP contribution in [-0.4, -0.2) is 26.1 Å². The van der Waals surface area contributed by atoms with Crippen LogP contribution in [0.2, 0.25) is 0 Å². The molecule has 4 nitrogen and oxygen atoms in total. The third-order valence-electron chi connectivity index (χ3n) is 15.9. The fraction of sp³-hybridized carbons (Fsp3) is 0.294. The quantitative estimate of drug-likeness (QED) is 0.0864. The van der Waals surface area contributed by atoms with E-state index < -0.39 is 195 Å². The maximum absolute atomic E-state index is 14.2. The van der Waals surface area contributed by atoms with E-state index in [9.17, 15) is 105 Å². The van der Waals surface area contributed by atoms with Crippen LogP contribution in [-0.2, 0) is 66.5 Å². The van der Waals surface area contributed by atoms with Crippen LogP contribution in [0.5, 0.6) is 0 Å². The van der Waals surface area contributed by atoms with Gasteiger partial charge in [0.1, 0.15) is 6.15 Å². The molecular weight excluding hydrogens is 1400 g/mol. The first kappa shape index (κ1) is 77.2. The smallest absolute Gasteiger partial charge is 0.250 e. The molecule has 0 aliphatic rings. The number of hydrogen-bond donors (Lipinski definition) is 0. The Labute approximate surface area is 553 Å². The number of pyridine rings is 4. The summed E-state index contributed by atoms with van der Waals surface area (Å²) in [6, 6.07) is 16.8. The summed E-state index contributed by atoms with van der Waals surface area (Å²) in [6.07, 6.45) is -54.8. The molecule has 0 saturated carbocycles. The van der Waals surface area contributed by atoms with E-state index in [0.29, 0.717) is 23.7 Å². The first-order valence-corrected chi connectivity index (χ1v) is 29.1. The zero-order chi connectivity index (χ0) is 72.5. The Bertz CT molecular complexity index is 3850. The van der Waals surface area contributed by atoms with E-state index in [1.165, 1.54) is 0 Å². The van der Waals surface area contributed by atoms with Crippen LogP contribution in [0.25, 0.3) is 43.6 Å². The van der Waals surface area contributed by atoms with Crippen molar-refractivity contribution in [3.63, 3.8) is 0 Å². The molecule has 4 aromatic heterocycles. The maximum atomic E-state index is 14.2. The van der Waals surface area contributed by atoms with Gasteiger partial charge in [-0.25, -0.2) is 0 Å². The van der Waals surface area contributed by atoms with Crippen molar-refractivity contribution in [2.24, 2.45) is 0 Å². The molecular formula is C68H52BCuF24N4. The van der Waals surface area contributed by atoms with Gasteiger partial charge in [0.15, 0.2) is 0 Å². The third-order valence-corrected chi connectivity index (χ3v) is 15.9. The Morgan fingerprint density at radius 1 is 0.224 bits per heavy atom. The van der Waals surface area contributed by atoms with Gasteiger partial charge in [0.25, 0.3) is 0 Å². The fourth-order valence-electron chi connectivity index (χ4n) is 11.0. The first-order valence-electron chi connectivity index (χ1n) is 29.1. The summed E-state index contributed by atoms with van der Waals surface area (Å²) in [5.74, 6) is 1.73. The van der Waals surface area contributed by atoms with Crippen LogP contribution in [0.15, 0.2) is 146 Å². The van der Waals surface area contributed by atoms with E-state index in [4.69, 9.17) is 19.9 Å². The van der Waals surface area contributed by atoms with Crippen molar-refractivity contribution in [3.8, 4) is 0 Å². The standard InChI is InChI=1S/C32H12BF24.2C18H20N2.Cu/c34-25(35,36)13-1-14(26(37,38)39)6-21(5-13)33(22-7-15(27(40,41)42)2-16(8-22)28(43,44)45,23-9-17(29(46,47)48)3-18(10-23)30(49,50)51)24-11-19(31(52,53)54)4-20(12-24)32(55,56)57;2*1-11(2)15-9-7-13-5-6-14-8-10-16(12(3)4)20-18(14)17(13)19-15;/h1-12H;2*5-12H,1-4H3;/q-1;;;+1. The molecule has 98 heavy (non-hydrogen) atoms. The maximum Gasteiger partial charge on any atom is 1.00 e. The van der Waals surface area contributed by atoms with E-state index in [2.05, 4.69) is 128 Å². The van der Waals surface area contributed by atoms with Crippen molar-refractivity contribution in [2.45, 2.75) is 128 Å². The second-order valence-electron chi connectivity index (χ2n) is 24.2. The van der Waals surface area contributed by atoms with Gasteiger partial charge in [-0.05, 0) is 72.2 Å². The largest absolute Gasteiger partial charge is 1.00 e. The summed E-state index contributed by atoms with van der Waals surface area (Å²) < 4.78 is 341. The summed E-state index contributed by atoms with van der Waals surface area (Å²) in [7, 11) is 0. The Balaban J connectivity index is 0.000000264. The Morgan fingerprint density at radius 2 is 0.357 bits per heavy atom. The zero-order valence-corrected chi connectivity index (χ0v) is 52.8. The predicted molar refractivity (Wildman–Crippen MR) is 321 cm³/mol. The van der Waals surface area contributed by atoms with Crippen molar-refractivity contribution in [2.75, 3.05) is 0 Å². The molecule has 0 bridgehead atoms. The van der Waals surface area contributed by atoms with Gasteiger partial charge >= 0.3 is 66.5 Å². The van der Waals surface area contributed by atoms with Crippen LogP contribution >= 0.6 is 0 Å². The number of benzene rings is 6. The predicted octanol–water partition coefficient (Wildman–Crippen LogP) is 21.3. The van der Waals surface area contributed by atoms with Crippen LogP contribution in [0.4, 0.5) is 105 Å². The topological polar surface area (TPSA) is 51.6 Å². The van der Waals surface area contributed by atoms with Crippen molar-refractivity contribution in [3.05, 3.63) is 213 Å². The van der Waals surface area contributed by atoms with E-state index in [-0.39, 0.29) is 17.1 Å². The molecule has 0 fully saturated rings. The molecule has 0 N–H and O–H groups in total. The third kappa shape index (κ3) is 16.9. The van der Waals surface area contributed by atoms with Gasteiger partial charge in [0, 0.05) is 44.3 Å². The number of alkyl halides is 24. The first-order chi connectivity index (χ1) is 44.4. The molecule has 0 atom stereocenters. The van der Waals surface area contributed by atoms with Gasteiger partial charge in [-0.2, -0.15) is 127 Å². The van der Waals surface area contributed by atoms with Gasteiger partial charge in [-0.3, -0.25) is 19.9 Å². The molecule has 6 aromatic carbocycles. The monoisotopic (exact) mass is 1450 g/mol. The van der Waals surface area contributed by atoms with Gasteiger partial charge in [-0.15, -0.1) is 0 Å². The second kappa shape index (κ2) is 27.5. The summed E-state index contributed by atoms with van der Waals surface area (Å²) in [5, 5.41) is 4.65. The molecule has 4 heterocycles. The number of halogens is 24. The van der Waals surface area contributed by atoms with E-state index >= 15 is 0 Å². The Kier molecular flexibility index (Phi) is 21.7. The van der Waals surface area contributed by atoms with E-state index in [1.807, 2.05) is 0 Å². The molecule has 10 rings (SSSR count). The van der Waals surface area contributed by atoms with Crippen LogP contribution < -0.4 is 21.9 Å². The summed E-state index contributed by atoms with van der Waals surface area (Å²) in [6.45, 7) is 17.4. The fourth-order valence-corrected chi connectivity index (χ4v) is 11.0. The molecule has 526 valence electrons. The molecule has 0 aliphatic heterocycles. The number of nitrogens with zero attached hydrogens (tertiary/aromatic N) is 4. The van der Waals surface area contributed by atoms with Gasteiger partial charge in [-0.1, -0.05) is 152 Å². The van der Waals surface area contributed by atoms with Crippen molar-refractivity contribution >= 4 is 71.6 Å². The molecule has 0 unspecified atom stereocenters. The number of hydrogen-bond acceptors (Lipinski definition) is 4. The minimum Gasteiger partial charge on any atom is -0.250 e. The summed E-state index contributed by atoms with van der Waals surface area (Å²) >= 11 is 0. The molecule has 30 heteroatoms. The average molecular weight is 1460 g/mol. The molecule has 0 saturated heterocycles. The Hall–Kier alpha value is -8.14. The van der Waals surface area contributed by atoms with Crippen molar-refractivity contribution < 1.29 is 122 Å². The summed E-state index contributed by atoms with van der Waals surface area (Å²) in [5.41, 5.74) is -21.6. The zero-order valence-electron chi connectivity index (χ0n) is 51.9. The van der Waals surface area contributed by atoms with Gasteiger partial charge in [0.05, 0.1) is 66.6 Å². The van der Waals surface area contributed by atoms with Crippen molar-refractivity contribution in [1.82, 2.24) is 19.9 Å². The van der Waals surface area contributed by atoms with Crippen molar-refractivity contribution in [1.29, 1.82) is 0 Å². The summed E-state index contributed by atoms with van der Waals surface area (Å²) in [4.78, 5) is 19.4. The van der Waals surface area contributed by atoms with Gasteiger partial charge in [0.2, 0.25) is 0 Å². The number of rotatable bonds is 8. The SMILES string of the molecule is CC(C)c1ccc2ccc3ccc(C(C)C)nc3c2n1.CC(C)c1ccc2ccc3ccc(C(C)C)nc3c2n1.FC(F)(F)c1cc([B-](c2cc(C(F)(F)F)cc(C(F)(F)F)c2)(c2cc(C(F)(F)F)cc(C(F)(F)F)c2)c2cc(C(F)(F)F)cc(C(F)(F)F)c2)cc(C(F)(F)F)c1.[Cu+]. The van der Waals surface area contributed by atoms with E-state index in [0.717, 1.165) is 66.4 Å². The van der Waals surface area contributed by atoms with Crippen LogP contribution in [0, 0.1) is 0 Å². The molecule has 0 radical (unpaired) electrons. The normalized spacial score (nSPS) is 13.2. The van der Waals surface area contributed by atoms with E-state index in [1.54, 1.807) is 0 Å². The molecule has 0 aliphatic carbocycles. The minimum atomic E-state index is -6.13. The van der Waals surface area contributed by atoms with Crippen LogP contribution in [0.3, 0.4) is 0 Å². The average Bonchev–Trinajstić information content (AvgIpc) is 0.708. The molecule has 0 spiro atoms. The molecule has 0 amide bonds. The van der Waals surface area contributed by atoms with Gasteiger partial charge < -0.3 is 0 Å². The molecule has 10 aromatic rings.